The Morgan fingerprint density at radius 1 is 1.25 bits per heavy atom. The van der Waals surface area contributed by atoms with E-state index in [4.69, 9.17) is 17.0 Å². The fraction of sp³-hybridized carbons (Fsp3) is 0.464. The summed E-state index contributed by atoms with van der Waals surface area (Å²) in [4.78, 5) is 0.733. The minimum Gasteiger partial charge on any atom is -0.484 e. The molecule has 1 aromatic rings. The zero-order chi connectivity index (χ0) is 24.3. The number of hydrogen-bond donors (Lipinski definition) is 1. The van der Waals surface area contributed by atoms with E-state index in [-0.39, 0.29) is 5.92 Å². The zero-order valence-electron chi connectivity index (χ0n) is 20.5. The number of benzene rings is 1. The molecule has 1 N–H and O–H groups in total. The average Bonchev–Trinajstić information content (AvgIpc) is 2.84. The molecule has 32 heavy (non-hydrogen) atoms. The van der Waals surface area contributed by atoms with Crippen molar-refractivity contribution < 1.29 is 4.74 Å². The Morgan fingerprint density at radius 3 is 2.38 bits per heavy atom. The van der Waals surface area contributed by atoms with Crippen LogP contribution in [0.25, 0.3) is 0 Å². The largest absolute Gasteiger partial charge is 0.484 e. The Morgan fingerprint density at radius 2 is 1.88 bits per heavy atom. The van der Waals surface area contributed by atoms with E-state index in [0.29, 0.717) is 0 Å². The molecule has 1 aliphatic heterocycles. The SMILES string of the molecule is C=CC1=C(C=C)C(C)CC2(CC1)Oc1ccc(Br)cc1C2(NC(C)=S)C(=C)C.CC(C)C. The van der Waals surface area contributed by atoms with Gasteiger partial charge in [0.15, 0.2) is 0 Å². The fourth-order valence-corrected chi connectivity index (χ4v) is 5.59. The van der Waals surface area contributed by atoms with Crippen molar-refractivity contribution in [1.82, 2.24) is 5.32 Å². The van der Waals surface area contributed by atoms with Crippen LogP contribution in [0.15, 0.2) is 71.3 Å². The number of ether oxygens (including phenoxy) is 1. The van der Waals surface area contributed by atoms with Crippen LogP contribution in [-0.4, -0.2) is 10.6 Å². The highest BCUT2D eigenvalue weighted by atomic mass is 79.9. The summed E-state index contributed by atoms with van der Waals surface area (Å²) < 4.78 is 7.82. The number of fused-ring (bicyclic) bond motifs is 1. The summed E-state index contributed by atoms with van der Waals surface area (Å²) in [7, 11) is 0. The molecule has 3 unspecified atom stereocenters. The highest BCUT2D eigenvalue weighted by Gasteiger charge is 2.61. The van der Waals surface area contributed by atoms with Crippen LogP contribution in [-0.2, 0) is 5.54 Å². The summed E-state index contributed by atoms with van der Waals surface area (Å²) in [6.07, 6.45) is 6.48. The first-order valence-corrected chi connectivity index (χ1v) is 12.6. The molecule has 1 aromatic carbocycles. The van der Waals surface area contributed by atoms with Gasteiger partial charge in [0, 0.05) is 10.0 Å². The van der Waals surface area contributed by atoms with Crippen molar-refractivity contribution in [2.45, 2.75) is 71.9 Å². The third-order valence-corrected chi connectivity index (χ3v) is 6.74. The lowest BCUT2D eigenvalue weighted by Gasteiger charge is -2.47. The highest BCUT2D eigenvalue weighted by Crippen LogP contribution is 2.58. The first-order chi connectivity index (χ1) is 14.9. The van der Waals surface area contributed by atoms with Crippen molar-refractivity contribution in [2.75, 3.05) is 0 Å². The monoisotopic (exact) mass is 515 g/mol. The average molecular weight is 517 g/mol. The van der Waals surface area contributed by atoms with Gasteiger partial charge in [0.05, 0.1) is 4.99 Å². The predicted octanol–water partition coefficient (Wildman–Crippen LogP) is 8.44. The van der Waals surface area contributed by atoms with Crippen molar-refractivity contribution in [2.24, 2.45) is 11.8 Å². The second-order valence-electron chi connectivity index (χ2n) is 9.67. The van der Waals surface area contributed by atoms with E-state index in [1.165, 1.54) is 11.1 Å². The van der Waals surface area contributed by atoms with Gasteiger partial charge in [0.25, 0.3) is 0 Å². The van der Waals surface area contributed by atoms with Crippen LogP contribution in [0, 0.1) is 11.8 Å². The lowest BCUT2D eigenvalue weighted by Crippen LogP contribution is -2.61. The van der Waals surface area contributed by atoms with Gasteiger partial charge >= 0.3 is 0 Å². The van der Waals surface area contributed by atoms with E-state index in [2.05, 4.69) is 81.7 Å². The minimum absolute atomic E-state index is 0.275. The van der Waals surface area contributed by atoms with Gasteiger partial charge in [0.2, 0.25) is 0 Å². The van der Waals surface area contributed by atoms with Gasteiger partial charge in [-0.3, -0.25) is 0 Å². The third-order valence-electron chi connectivity index (χ3n) is 6.14. The number of nitrogens with one attached hydrogen (secondary N) is 1. The minimum atomic E-state index is -0.588. The van der Waals surface area contributed by atoms with Gasteiger partial charge in [-0.1, -0.05) is 87.7 Å². The lowest BCUT2D eigenvalue weighted by atomic mass is 9.67. The molecule has 1 spiro atoms. The van der Waals surface area contributed by atoms with Crippen molar-refractivity contribution >= 4 is 33.1 Å². The van der Waals surface area contributed by atoms with Gasteiger partial charge in [-0.2, -0.15) is 0 Å². The van der Waals surface area contributed by atoms with Crippen LogP contribution in [0.3, 0.4) is 0 Å². The summed E-state index contributed by atoms with van der Waals surface area (Å²) in [5, 5.41) is 3.63. The standard InChI is InChI=1S/C24H28BrNOS.C4H10/c1-7-18-11-12-23(14-16(5)20(18)8-2)24(15(3)4,26-17(6)28)21-13-19(25)9-10-22(21)27-23;1-4(2)3/h7-10,13,16H,1-3,11-12,14H2,4-6H3,(H,26,28);4H,1-3H3. The smallest absolute Gasteiger partial charge is 0.141 e. The van der Waals surface area contributed by atoms with Crippen LogP contribution < -0.4 is 10.1 Å². The molecule has 0 aromatic heterocycles. The van der Waals surface area contributed by atoms with E-state index in [9.17, 15) is 0 Å². The topological polar surface area (TPSA) is 21.3 Å². The molecule has 1 aliphatic carbocycles. The second kappa shape index (κ2) is 10.5. The maximum absolute atomic E-state index is 6.81. The molecule has 3 rings (SSSR count). The molecule has 0 radical (unpaired) electrons. The number of hydrogen-bond acceptors (Lipinski definition) is 2. The molecule has 0 bridgehead atoms. The van der Waals surface area contributed by atoms with Crippen LogP contribution in [0.2, 0.25) is 0 Å². The van der Waals surface area contributed by atoms with Gasteiger partial charge in [0.1, 0.15) is 16.9 Å². The van der Waals surface area contributed by atoms with Gasteiger partial charge in [-0.05, 0) is 79.9 Å². The Kier molecular flexibility index (Phi) is 8.75. The van der Waals surface area contributed by atoms with Gasteiger partial charge < -0.3 is 10.1 Å². The Labute approximate surface area is 209 Å². The zero-order valence-corrected chi connectivity index (χ0v) is 22.9. The molecular weight excluding hydrogens is 478 g/mol. The van der Waals surface area contributed by atoms with E-state index in [1.54, 1.807) is 0 Å². The number of thiocarbonyl (C=S) groups is 1. The quantitative estimate of drug-likeness (QED) is 0.321. The molecule has 0 amide bonds. The first kappa shape index (κ1) is 26.6. The van der Waals surface area contributed by atoms with Gasteiger partial charge in [-0.25, -0.2) is 0 Å². The molecule has 4 heteroatoms. The number of allylic oxidation sites excluding steroid dienone is 4. The third kappa shape index (κ3) is 4.97. The second-order valence-corrected chi connectivity index (χ2v) is 11.2. The van der Waals surface area contributed by atoms with E-state index in [1.807, 2.05) is 31.2 Å². The van der Waals surface area contributed by atoms with Crippen molar-refractivity contribution in [3.8, 4) is 5.75 Å². The van der Waals surface area contributed by atoms with Crippen LogP contribution in [0.5, 0.6) is 5.75 Å². The molecule has 3 atom stereocenters. The number of halogens is 1. The van der Waals surface area contributed by atoms with Crippen molar-refractivity contribution in [1.29, 1.82) is 0 Å². The summed E-state index contributed by atoms with van der Waals surface area (Å²) in [5.41, 5.74) is 3.50. The molecular formula is C28H38BrNOS. The molecule has 2 nitrogen and oxygen atoms in total. The van der Waals surface area contributed by atoms with Gasteiger partial charge in [-0.15, -0.1) is 0 Å². The lowest BCUT2D eigenvalue weighted by molar-refractivity contribution is 0.00254. The van der Waals surface area contributed by atoms with Crippen LogP contribution in [0.1, 0.15) is 66.4 Å². The van der Waals surface area contributed by atoms with E-state index >= 15 is 0 Å². The van der Waals surface area contributed by atoms with Crippen LogP contribution in [0.4, 0.5) is 0 Å². The van der Waals surface area contributed by atoms with Crippen LogP contribution >= 0.6 is 28.1 Å². The van der Waals surface area contributed by atoms with E-state index < -0.39 is 11.1 Å². The normalized spacial score (nSPS) is 26.4. The first-order valence-electron chi connectivity index (χ1n) is 11.4. The molecule has 0 fully saturated rings. The maximum Gasteiger partial charge on any atom is 0.141 e. The van der Waals surface area contributed by atoms with Crippen molar-refractivity contribution in [3.63, 3.8) is 0 Å². The molecule has 2 aliphatic rings. The molecule has 0 saturated carbocycles. The highest BCUT2D eigenvalue weighted by molar-refractivity contribution is 9.10. The maximum atomic E-state index is 6.81. The predicted molar refractivity (Wildman–Crippen MR) is 146 cm³/mol. The molecule has 1 heterocycles. The Balaban J connectivity index is 0.000000837. The summed E-state index contributed by atoms with van der Waals surface area (Å²) in [6, 6.07) is 6.20. The summed E-state index contributed by atoms with van der Waals surface area (Å²) >= 11 is 9.16. The summed E-state index contributed by atoms with van der Waals surface area (Å²) in [6.45, 7) is 25.2. The summed E-state index contributed by atoms with van der Waals surface area (Å²) in [5.74, 6) is 2.00. The molecule has 0 saturated heterocycles. The Bertz CT molecular complexity index is 944. The fourth-order valence-electron chi connectivity index (χ4n) is 5.08. The van der Waals surface area contributed by atoms with E-state index in [0.717, 1.165) is 51.5 Å². The Hall–Kier alpha value is -1.65. The van der Waals surface area contributed by atoms with Crippen molar-refractivity contribution in [3.05, 3.63) is 76.8 Å². The molecule has 174 valence electrons. The number of rotatable bonds is 4.